The van der Waals surface area contributed by atoms with E-state index in [0.29, 0.717) is 5.69 Å². The maximum atomic E-state index is 12.9. The second-order valence-corrected chi connectivity index (χ2v) is 7.72. The van der Waals surface area contributed by atoms with Crippen molar-refractivity contribution in [1.82, 2.24) is 19.9 Å². The van der Waals surface area contributed by atoms with Crippen molar-refractivity contribution >= 4 is 29.1 Å². The molecule has 5 nitrogen and oxygen atoms in total. The average Bonchev–Trinajstić information content (AvgIpc) is 3.16. The zero-order chi connectivity index (χ0) is 21.0. The van der Waals surface area contributed by atoms with E-state index >= 15 is 0 Å². The molecule has 0 saturated carbocycles. The van der Waals surface area contributed by atoms with E-state index in [9.17, 15) is 13.2 Å². The fourth-order valence-electron chi connectivity index (χ4n) is 3.88. The second-order valence-electron chi connectivity index (χ2n) is 7.72. The molecule has 0 unspecified atom stereocenters. The number of aryl methyl sites for hydroxylation is 1. The number of halogens is 4. The van der Waals surface area contributed by atoms with Gasteiger partial charge in [0.05, 0.1) is 12.1 Å². The third-order valence-corrected chi connectivity index (χ3v) is 5.57. The highest BCUT2D eigenvalue weighted by molar-refractivity contribution is 5.85. The van der Waals surface area contributed by atoms with Gasteiger partial charge in [-0.25, -0.2) is 0 Å². The number of alkyl halides is 3. The van der Waals surface area contributed by atoms with E-state index in [-0.39, 0.29) is 12.4 Å². The number of piperazine rings is 1. The standard InChI is InChI=1S/C22H26F3N5.ClH/c23-22(24,25)18-7-6-8-19(17-18)29-15-13-28(14-16-29)11-4-1-5-12-30-26-20-9-2-3-10-21(20)27-30;/h2-3,6-10,17H,1,4-5,11-16H2;1H. The lowest BCUT2D eigenvalue weighted by molar-refractivity contribution is -0.137. The summed E-state index contributed by atoms with van der Waals surface area (Å²) in [6, 6.07) is 13.5. The fraction of sp³-hybridized carbons (Fsp3) is 0.455. The number of nitrogens with zero attached hydrogens (tertiary/aromatic N) is 5. The molecule has 0 aliphatic carbocycles. The molecule has 3 aromatic rings. The SMILES string of the molecule is Cl.FC(F)(F)c1cccc(N2CCN(CCCCCn3nc4ccccc4n3)CC2)c1. The van der Waals surface area contributed by atoms with E-state index in [1.807, 2.05) is 29.2 Å². The Morgan fingerprint density at radius 1 is 0.774 bits per heavy atom. The van der Waals surface area contributed by atoms with E-state index in [0.717, 1.165) is 75.6 Å². The van der Waals surface area contributed by atoms with Gasteiger partial charge in [-0.2, -0.15) is 28.2 Å². The summed E-state index contributed by atoms with van der Waals surface area (Å²) in [5.41, 5.74) is 1.93. The molecule has 1 aliphatic heterocycles. The molecular formula is C22H27ClF3N5. The summed E-state index contributed by atoms with van der Waals surface area (Å²) in [6.45, 7) is 5.10. The van der Waals surface area contributed by atoms with Crippen LogP contribution in [0.3, 0.4) is 0 Å². The van der Waals surface area contributed by atoms with Gasteiger partial charge in [-0.15, -0.1) is 12.4 Å². The Bertz CT molecular complexity index is 934. The summed E-state index contributed by atoms with van der Waals surface area (Å²) >= 11 is 0. The third-order valence-electron chi connectivity index (χ3n) is 5.57. The molecule has 0 bridgehead atoms. The lowest BCUT2D eigenvalue weighted by atomic mass is 10.1. The van der Waals surface area contributed by atoms with Crippen molar-refractivity contribution in [3.8, 4) is 0 Å². The van der Waals surface area contributed by atoms with Crippen LogP contribution >= 0.6 is 12.4 Å². The van der Waals surface area contributed by atoms with Gasteiger partial charge in [-0.05, 0) is 49.7 Å². The number of hydrogen-bond donors (Lipinski definition) is 0. The molecule has 1 saturated heterocycles. The Morgan fingerprint density at radius 2 is 1.42 bits per heavy atom. The van der Waals surface area contributed by atoms with Gasteiger partial charge in [-0.1, -0.05) is 24.6 Å². The van der Waals surface area contributed by atoms with Gasteiger partial charge in [0, 0.05) is 31.9 Å². The van der Waals surface area contributed by atoms with E-state index in [2.05, 4.69) is 15.1 Å². The Labute approximate surface area is 186 Å². The van der Waals surface area contributed by atoms with Gasteiger partial charge in [0.2, 0.25) is 0 Å². The van der Waals surface area contributed by atoms with Crippen LogP contribution in [0.2, 0.25) is 0 Å². The molecule has 1 aromatic heterocycles. The topological polar surface area (TPSA) is 37.2 Å². The van der Waals surface area contributed by atoms with Crippen LogP contribution in [0.15, 0.2) is 48.5 Å². The molecule has 168 valence electrons. The lowest BCUT2D eigenvalue weighted by Gasteiger charge is -2.36. The molecule has 4 rings (SSSR count). The summed E-state index contributed by atoms with van der Waals surface area (Å²) in [5, 5.41) is 8.96. The molecule has 0 spiro atoms. The molecule has 0 atom stereocenters. The number of unbranched alkanes of at least 4 members (excludes halogenated alkanes) is 2. The van der Waals surface area contributed by atoms with E-state index in [4.69, 9.17) is 0 Å². The molecule has 1 fully saturated rings. The van der Waals surface area contributed by atoms with E-state index in [1.54, 1.807) is 10.9 Å². The van der Waals surface area contributed by atoms with E-state index < -0.39 is 11.7 Å². The maximum absolute atomic E-state index is 12.9. The lowest BCUT2D eigenvalue weighted by Crippen LogP contribution is -2.46. The van der Waals surface area contributed by atoms with Gasteiger partial charge >= 0.3 is 6.18 Å². The Morgan fingerprint density at radius 3 is 2.06 bits per heavy atom. The summed E-state index contributed by atoms with van der Waals surface area (Å²) < 4.78 is 38.8. The first kappa shape index (κ1) is 23.3. The van der Waals surface area contributed by atoms with Gasteiger partial charge in [0.15, 0.2) is 0 Å². The highest BCUT2D eigenvalue weighted by Gasteiger charge is 2.31. The largest absolute Gasteiger partial charge is 0.416 e. The van der Waals surface area contributed by atoms with Crippen molar-refractivity contribution < 1.29 is 13.2 Å². The van der Waals surface area contributed by atoms with Crippen LogP contribution in [0.25, 0.3) is 11.0 Å². The number of fused-ring (bicyclic) bond motifs is 1. The van der Waals surface area contributed by atoms with Crippen LogP contribution in [0.4, 0.5) is 18.9 Å². The van der Waals surface area contributed by atoms with Crippen molar-refractivity contribution in [3.05, 3.63) is 54.1 Å². The van der Waals surface area contributed by atoms with Crippen molar-refractivity contribution in [3.63, 3.8) is 0 Å². The van der Waals surface area contributed by atoms with Crippen LogP contribution in [-0.4, -0.2) is 52.6 Å². The summed E-state index contributed by atoms with van der Waals surface area (Å²) in [4.78, 5) is 6.21. The molecule has 0 radical (unpaired) electrons. The minimum Gasteiger partial charge on any atom is -0.369 e. The number of benzene rings is 2. The Kier molecular flexibility index (Phi) is 7.78. The molecule has 9 heteroatoms. The van der Waals surface area contributed by atoms with Crippen LogP contribution < -0.4 is 4.90 Å². The zero-order valence-corrected chi connectivity index (χ0v) is 18.1. The van der Waals surface area contributed by atoms with Crippen LogP contribution in [-0.2, 0) is 12.7 Å². The molecule has 1 aliphatic rings. The molecule has 2 heterocycles. The second kappa shape index (κ2) is 10.3. The minimum absolute atomic E-state index is 0. The average molecular weight is 454 g/mol. The Balaban J connectivity index is 0.00000272. The predicted molar refractivity (Wildman–Crippen MR) is 119 cm³/mol. The van der Waals surface area contributed by atoms with Crippen molar-refractivity contribution in [1.29, 1.82) is 0 Å². The monoisotopic (exact) mass is 453 g/mol. The summed E-state index contributed by atoms with van der Waals surface area (Å²) in [7, 11) is 0. The van der Waals surface area contributed by atoms with Crippen LogP contribution in [0, 0.1) is 0 Å². The molecule has 0 N–H and O–H groups in total. The molecule has 31 heavy (non-hydrogen) atoms. The quantitative estimate of drug-likeness (QED) is 0.478. The van der Waals surface area contributed by atoms with E-state index in [1.165, 1.54) is 12.1 Å². The zero-order valence-electron chi connectivity index (χ0n) is 17.3. The van der Waals surface area contributed by atoms with Crippen molar-refractivity contribution in [2.75, 3.05) is 37.6 Å². The van der Waals surface area contributed by atoms with Gasteiger partial charge in [0.25, 0.3) is 0 Å². The highest BCUT2D eigenvalue weighted by atomic mass is 35.5. The predicted octanol–water partition coefficient (Wildman–Crippen LogP) is 4.86. The first-order valence-corrected chi connectivity index (χ1v) is 10.4. The molecule has 2 aromatic carbocycles. The van der Waals surface area contributed by atoms with Crippen LogP contribution in [0.5, 0.6) is 0 Å². The first-order chi connectivity index (χ1) is 14.5. The maximum Gasteiger partial charge on any atom is 0.416 e. The highest BCUT2D eigenvalue weighted by Crippen LogP contribution is 2.31. The smallest absolute Gasteiger partial charge is 0.369 e. The summed E-state index contributed by atoms with van der Waals surface area (Å²) in [5.74, 6) is 0. The summed E-state index contributed by atoms with van der Waals surface area (Å²) in [6.07, 6.45) is -1.06. The van der Waals surface area contributed by atoms with Gasteiger partial charge < -0.3 is 4.90 Å². The fourth-order valence-corrected chi connectivity index (χ4v) is 3.88. The van der Waals surface area contributed by atoms with Crippen molar-refractivity contribution in [2.45, 2.75) is 32.0 Å². The third kappa shape index (κ3) is 6.11. The normalized spacial score (nSPS) is 15.3. The number of hydrogen-bond acceptors (Lipinski definition) is 4. The number of anilines is 1. The van der Waals surface area contributed by atoms with Gasteiger partial charge in [-0.3, -0.25) is 4.90 Å². The number of rotatable bonds is 7. The first-order valence-electron chi connectivity index (χ1n) is 10.4. The molecule has 0 amide bonds. The van der Waals surface area contributed by atoms with Gasteiger partial charge in [0.1, 0.15) is 11.0 Å². The minimum atomic E-state index is -4.30. The van der Waals surface area contributed by atoms with Crippen molar-refractivity contribution in [2.24, 2.45) is 0 Å². The number of aromatic nitrogens is 3. The molecular weight excluding hydrogens is 427 g/mol. The van der Waals surface area contributed by atoms with Crippen LogP contribution in [0.1, 0.15) is 24.8 Å². The Hall–Kier alpha value is -2.32.